The second kappa shape index (κ2) is 8.06. The largest absolute Gasteiger partial charge is 0.511 e. The van der Waals surface area contributed by atoms with Gasteiger partial charge in [-0.1, -0.05) is 19.9 Å². The van der Waals surface area contributed by atoms with Gasteiger partial charge < -0.3 is 20.0 Å². The van der Waals surface area contributed by atoms with Crippen LogP contribution in [0.5, 0.6) is 0 Å². The Bertz CT molecular complexity index is 509. The van der Waals surface area contributed by atoms with Gasteiger partial charge in [-0.2, -0.15) is 0 Å². The van der Waals surface area contributed by atoms with E-state index in [1.807, 2.05) is 0 Å². The van der Waals surface area contributed by atoms with Gasteiger partial charge in [0, 0.05) is 6.42 Å². The Balaban J connectivity index is 3.30. The highest BCUT2D eigenvalue weighted by molar-refractivity contribution is 6.00. The second-order valence-electron chi connectivity index (χ2n) is 6.24. The van der Waals surface area contributed by atoms with Crippen molar-refractivity contribution in [2.75, 3.05) is 13.7 Å². The van der Waals surface area contributed by atoms with Crippen molar-refractivity contribution in [2.45, 2.75) is 39.2 Å². The van der Waals surface area contributed by atoms with E-state index >= 15 is 0 Å². The minimum atomic E-state index is -0.907. The van der Waals surface area contributed by atoms with Crippen LogP contribution in [-0.2, 0) is 19.1 Å². The molecule has 128 valence electrons. The number of methoxy groups -OCH3 is 1. The molecule has 2 atom stereocenters. The number of carbonyl (C=O) groups is 2. The zero-order valence-electron chi connectivity index (χ0n) is 13.9. The number of ketones is 1. The number of nitrogens with one attached hydrogen (secondary N) is 1. The van der Waals surface area contributed by atoms with Gasteiger partial charge in [0.05, 0.1) is 25.4 Å². The van der Waals surface area contributed by atoms with Crippen LogP contribution in [0.15, 0.2) is 24.0 Å². The minimum Gasteiger partial charge on any atom is -0.511 e. The topological polar surface area (TPSA) is 96.7 Å². The van der Waals surface area contributed by atoms with Crippen molar-refractivity contribution in [3.05, 3.63) is 24.0 Å². The van der Waals surface area contributed by atoms with Crippen LogP contribution in [0.4, 0.5) is 0 Å². The average molecular weight is 323 g/mol. The smallest absolute Gasteiger partial charge is 0.316 e. The molecule has 2 unspecified atom stereocenters. The molecule has 0 heterocycles. The number of hydrogen-bond donors (Lipinski definition) is 2. The Morgan fingerprint density at radius 2 is 2.22 bits per heavy atom. The number of carbonyl (C=O) groups excluding carboxylic acids is 2. The molecule has 2 N–H and O–H groups in total. The standard InChI is InChI=1S/C17H25NO5/c1-5-9-23-12(7-6-8-18)13-11(19)10-17(2,3)14(15(13)20)16(21)22-4/h5,8,12,14,18,20H,1,6-7,9-10H2,2-4H3. The molecule has 0 saturated heterocycles. The lowest BCUT2D eigenvalue weighted by molar-refractivity contribution is -0.150. The molecule has 0 radical (unpaired) electrons. The number of hydrogen-bond acceptors (Lipinski definition) is 6. The zero-order valence-corrected chi connectivity index (χ0v) is 13.9. The molecule has 0 aromatic heterocycles. The summed E-state index contributed by atoms with van der Waals surface area (Å²) in [6.45, 7) is 7.27. The van der Waals surface area contributed by atoms with Crippen molar-refractivity contribution in [3.63, 3.8) is 0 Å². The molecule has 6 heteroatoms. The first kappa shape index (κ1) is 19.1. The van der Waals surface area contributed by atoms with Gasteiger partial charge in [0.15, 0.2) is 5.78 Å². The Labute approximate surface area is 136 Å². The first-order chi connectivity index (χ1) is 10.8. The molecule has 6 nitrogen and oxygen atoms in total. The molecule has 0 spiro atoms. The molecule has 0 aromatic carbocycles. The summed E-state index contributed by atoms with van der Waals surface area (Å²) >= 11 is 0. The third-order valence-electron chi connectivity index (χ3n) is 3.99. The van der Waals surface area contributed by atoms with Gasteiger partial charge in [-0.05, 0) is 24.5 Å². The van der Waals surface area contributed by atoms with E-state index < -0.39 is 23.4 Å². The zero-order chi connectivity index (χ0) is 17.6. The molecule has 0 aromatic rings. The summed E-state index contributed by atoms with van der Waals surface area (Å²) in [6, 6.07) is 0. The number of ether oxygens (including phenoxy) is 2. The third-order valence-corrected chi connectivity index (χ3v) is 3.99. The van der Waals surface area contributed by atoms with Crippen molar-refractivity contribution >= 4 is 18.0 Å². The fourth-order valence-corrected chi connectivity index (χ4v) is 2.90. The fourth-order valence-electron chi connectivity index (χ4n) is 2.90. The molecule has 0 aliphatic heterocycles. The van der Waals surface area contributed by atoms with Crippen LogP contribution >= 0.6 is 0 Å². The Morgan fingerprint density at radius 3 is 2.74 bits per heavy atom. The van der Waals surface area contributed by atoms with Gasteiger partial charge in [0.1, 0.15) is 11.7 Å². The molecular formula is C17H25NO5. The molecule has 0 amide bonds. The maximum absolute atomic E-state index is 12.5. The maximum Gasteiger partial charge on any atom is 0.316 e. The normalized spacial score (nSPS) is 21.7. The van der Waals surface area contributed by atoms with Crippen molar-refractivity contribution in [1.29, 1.82) is 5.41 Å². The fraction of sp³-hybridized carbons (Fsp3) is 0.588. The van der Waals surface area contributed by atoms with Crippen molar-refractivity contribution in [2.24, 2.45) is 11.3 Å². The Morgan fingerprint density at radius 1 is 1.57 bits per heavy atom. The third kappa shape index (κ3) is 4.28. The van der Waals surface area contributed by atoms with E-state index in [0.29, 0.717) is 12.8 Å². The molecule has 0 bridgehead atoms. The Kier molecular flexibility index (Phi) is 6.69. The predicted molar refractivity (Wildman–Crippen MR) is 86.5 cm³/mol. The van der Waals surface area contributed by atoms with Crippen LogP contribution in [0.2, 0.25) is 0 Å². The number of rotatable bonds is 8. The van der Waals surface area contributed by atoms with Gasteiger partial charge in [0.25, 0.3) is 0 Å². The molecule has 1 rings (SSSR count). The van der Waals surface area contributed by atoms with Crippen LogP contribution in [0, 0.1) is 16.7 Å². The highest BCUT2D eigenvalue weighted by atomic mass is 16.5. The lowest BCUT2D eigenvalue weighted by Gasteiger charge is -2.37. The van der Waals surface area contributed by atoms with Crippen molar-refractivity contribution in [1.82, 2.24) is 0 Å². The molecule has 0 saturated carbocycles. The van der Waals surface area contributed by atoms with Gasteiger partial charge in [0.2, 0.25) is 0 Å². The Hall–Kier alpha value is -1.95. The first-order valence-corrected chi connectivity index (χ1v) is 7.55. The quantitative estimate of drug-likeness (QED) is 0.406. The van der Waals surface area contributed by atoms with E-state index in [0.717, 1.165) is 0 Å². The average Bonchev–Trinajstić information content (AvgIpc) is 2.47. The van der Waals surface area contributed by atoms with Gasteiger partial charge in [-0.25, -0.2) is 0 Å². The summed E-state index contributed by atoms with van der Waals surface area (Å²) in [5, 5.41) is 17.8. The maximum atomic E-state index is 12.5. The van der Waals surface area contributed by atoms with Gasteiger partial charge in [-0.15, -0.1) is 6.58 Å². The molecule has 0 fully saturated rings. The van der Waals surface area contributed by atoms with E-state index in [-0.39, 0.29) is 30.1 Å². The number of esters is 1. The van der Waals surface area contributed by atoms with Crippen molar-refractivity contribution in [3.8, 4) is 0 Å². The van der Waals surface area contributed by atoms with Crippen molar-refractivity contribution < 1.29 is 24.2 Å². The van der Waals surface area contributed by atoms with Crippen LogP contribution < -0.4 is 0 Å². The van der Waals surface area contributed by atoms with E-state index in [9.17, 15) is 14.7 Å². The van der Waals surface area contributed by atoms with Crippen LogP contribution in [0.3, 0.4) is 0 Å². The van der Waals surface area contributed by atoms with E-state index in [1.54, 1.807) is 19.9 Å². The number of Topliss-reactive ketones (excluding diaryl/α,β-unsaturated/α-hetero) is 1. The summed E-state index contributed by atoms with van der Waals surface area (Å²) in [4.78, 5) is 24.6. The summed E-state index contributed by atoms with van der Waals surface area (Å²) in [7, 11) is 1.25. The van der Waals surface area contributed by atoms with Crippen LogP contribution in [0.25, 0.3) is 0 Å². The molecule has 23 heavy (non-hydrogen) atoms. The molecular weight excluding hydrogens is 298 g/mol. The first-order valence-electron chi connectivity index (χ1n) is 7.55. The van der Waals surface area contributed by atoms with Crippen LogP contribution in [-0.4, -0.2) is 42.9 Å². The van der Waals surface area contributed by atoms with Gasteiger partial charge >= 0.3 is 5.97 Å². The number of aliphatic hydroxyl groups is 1. The lowest BCUT2D eigenvalue weighted by atomic mass is 9.67. The minimum absolute atomic E-state index is 0.114. The van der Waals surface area contributed by atoms with Gasteiger partial charge in [-0.3, -0.25) is 9.59 Å². The molecule has 1 aliphatic carbocycles. The monoisotopic (exact) mass is 323 g/mol. The highest BCUT2D eigenvalue weighted by Gasteiger charge is 2.48. The summed E-state index contributed by atoms with van der Waals surface area (Å²) in [5.41, 5.74) is -0.620. The lowest BCUT2D eigenvalue weighted by Crippen LogP contribution is -2.43. The highest BCUT2D eigenvalue weighted by Crippen LogP contribution is 2.43. The second-order valence-corrected chi connectivity index (χ2v) is 6.24. The SMILES string of the molecule is C=CCOC(CCC=N)C1=C(O)C(C(=O)OC)C(C)(C)CC1=O. The summed E-state index contributed by atoms with van der Waals surface area (Å²) in [5.74, 6) is -2.01. The van der Waals surface area contributed by atoms with E-state index in [2.05, 4.69) is 6.58 Å². The predicted octanol–water partition coefficient (Wildman–Crippen LogP) is 2.59. The summed E-state index contributed by atoms with van der Waals surface area (Å²) in [6.07, 6.45) is 2.98. The van der Waals surface area contributed by atoms with E-state index in [4.69, 9.17) is 14.9 Å². The van der Waals surface area contributed by atoms with Crippen LogP contribution in [0.1, 0.15) is 33.1 Å². The summed E-state index contributed by atoms with van der Waals surface area (Å²) < 4.78 is 10.4. The van der Waals surface area contributed by atoms with E-state index in [1.165, 1.54) is 13.3 Å². The molecule has 1 aliphatic rings. The number of aliphatic hydroxyl groups excluding tert-OH is 1.